The van der Waals surface area contributed by atoms with Crippen molar-refractivity contribution in [2.24, 2.45) is 0 Å². The number of anilines is 3. The summed E-state index contributed by atoms with van der Waals surface area (Å²) in [5.41, 5.74) is 7.56. The molecule has 0 fully saturated rings. The molecule has 0 bridgehead atoms. The molecule has 0 saturated heterocycles. The number of para-hydroxylation sites is 1. The first kappa shape index (κ1) is 26.8. The molecule has 10 aromatic rings. The molecule has 0 amide bonds. The Bertz CT molecular complexity index is 2850. The van der Waals surface area contributed by atoms with Crippen LogP contribution in [0.3, 0.4) is 0 Å². The van der Waals surface area contributed by atoms with Crippen LogP contribution in [-0.2, 0) is 0 Å². The summed E-state index contributed by atoms with van der Waals surface area (Å²) in [6, 6.07) is 63.5. The number of furan rings is 1. The molecule has 0 unspecified atom stereocenters. The van der Waals surface area contributed by atoms with Gasteiger partial charge in [-0.3, -0.25) is 0 Å². The Kier molecular flexibility index (Phi) is 5.91. The average Bonchev–Trinajstić information content (AvgIpc) is 3.52. The molecule has 1 heterocycles. The van der Waals surface area contributed by atoms with Crippen molar-refractivity contribution in [1.82, 2.24) is 0 Å². The van der Waals surface area contributed by atoms with Crippen LogP contribution >= 0.6 is 0 Å². The largest absolute Gasteiger partial charge is 0.456 e. The Morgan fingerprint density at radius 1 is 0.292 bits per heavy atom. The third-order valence-electron chi connectivity index (χ3n) is 9.77. The van der Waals surface area contributed by atoms with Gasteiger partial charge in [0, 0.05) is 27.8 Å². The molecule has 2 heteroatoms. The lowest BCUT2D eigenvalue weighted by atomic mass is 9.98. The Morgan fingerprint density at radius 3 is 1.79 bits per heavy atom. The van der Waals surface area contributed by atoms with Crippen LogP contribution in [0.15, 0.2) is 180 Å². The van der Waals surface area contributed by atoms with E-state index >= 15 is 0 Å². The third-order valence-corrected chi connectivity index (χ3v) is 9.77. The van der Waals surface area contributed by atoms with Gasteiger partial charge in [-0.25, -0.2) is 0 Å². The summed E-state index contributed by atoms with van der Waals surface area (Å²) >= 11 is 0. The van der Waals surface area contributed by atoms with E-state index in [0.717, 1.165) is 39.0 Å². The number of fused-ring (bicyclic) bond motifs is 9. The van der Waals surface area contributed by atoms with Crippen molar-refractivity contribution in [3.63, 3.8) is 0 Å². The van der Waals surface area contributed by atoms with Crippen molar-refractivity contribution >= 4 is 82.1 Å². The van der Waals surface area contributed by atoms with E-state index in [4.69, 9.17) is 4.42 Å². The Balaban J connectivity index is 1.21. The van der Waals surface area contributed by atoms with E-state index in [9.17, 15) is 0 Å². The lowest BCUT2D eigenvalue weighted by Crippen LogP contribution is -2.10. The van der Waals surface area contributed by atoms with Gasteiger partial charge in [0.05, 0.1) is 0 Å². The van der Waals surface area contributed by atoms with Crippen LogP contribution < -0.4 is 4.90 Å². The van der Waals surface area contributed by atoms with Gasteiger partial charge in [-0.1, -0.05) is 121 Å². The maximum Gasteiger partial charge on any atom is 0.136 e. The van der Waals surface area contributed by atoms with Crippen LogP contribution in [0.5, 0.6) is 0 Å². The highest BCUT2D eigenvalue weighted by Crippen LogP contribution is 2.42. The maximum atomic E-state index is 6.25. The van der Waals surface area contributed by atoms with Crippen molar-refractivity contribution in [2.45, 2.75) is 0 Å². The summed E-state index contributed by atoms with van der Waals surface area (Å²) in [5, 5.41) is 12.1. The van der Waals surface area contributed by atoms with Crippen LogP contribution in [0, 0.1) is 0 Å². The van der Waals surface area contributed by atoms with Gasteiger partial charge in [-0.05, 0) is 109 Å². The summed E-state index contributed by atoms with van der Waals surface area (Å²) < 4.78 is 6.25. The second-order valence-corrected chi connectivity index (χ2v) is 12.6. The van der Waals surface area contributed by atoms with Gasteiger partial charge in [0.25, 0.3) is 0 Å². The zero-order chi connectivity index (χ0) is 31.6. The molecule has 0 atom stereocenters. The summed E-state index contributed by atoms with van der Waals surface area (Å²) in [6.07, 6.45) is 0. The molecule has 224 valence electrons. The molecule has 0 spiro atoms. The zero-order valence-corrected chi connectivity index (χ0v) is 26.1. The number of hydrogen-bond acceptors (Lipinski definition) is 2. The molecule has 1 aromatic heterocycles. The first-order chi connectivity index (χ1) is 23.8. The average molecular weight is 612 g/mol. The van der Waals surface area contributed by atoms with E-state index < -0.39 is 0 Å². The predicted molar refractivity (Wildman–Crippen MR) is 204 cm³/mol. The molecule has 0 radical (unpaired) electrons. The number of benzene rings is 9. The topological polar surface area (TPSA) is 16.4 Å². The van der Waals surface area contributed by atoms with E-state index in [1.165, 1.54) is 54.2 Å². The minimum Gasteiger partial charge on any atom is -0.456 e. The van der Waals surface area contributed by atoms with Gasteiger partial charge in [-0.2, -0.15) is 0 Å². The molecule has 0 aliphatic carbocycles. The second kappa shape index (κ2) is 10.6. The van der Waals surface area contributed by atoms with Gasteiger partial charge in [0.15, 0.2) is 0 Å². The van der Waals surface area contributed by atoms with Crippen molar-refractivity contribution in [3.8, 4) is 11.1 Å². The summed E-state index contributed by atoms with van der Waals surface area (Å²) in [4.78, 5) is 2.39. The standard InChI is InChI=1S/C46H29NO/c1-2-9-30(10-3-1)33-12-8-13-36(25-33)47(37-23-24-40-34(26-37)19-17-31-11-4-5-14-39(31)40)38-22-21-32-18-20-35-27-46-44(29-43(35)42(32)28-38)41-15-6-7-16-45(41)48-46/h1-29H. The highest BCUT2D eigenvalue weighted by molar-refractivity contribution is 6.17. The fourth-order valence-corrected chi connectivity index (χ4v) is 7.44. The Labute approximate surface area is 277 Å². The lowest BCUT2D eigenvalue weighted by Gasteiger charge is -2.27. The number of hydrogen-bond donors (Lipinski definition) is 0. The smallest absolute Gasteiger partial charge is 0.136 e. The van der Waals surface area contributed by atoms with Crippen LogP contribution in [0.4, 0.5) is 17.1 Å². The molecule has 9 aromatic carbocycles. The zero-order valence-electron chi connectivity index (χ0n) is 26.1. The monoisotopic (exact) mass is 611 g/mol. The van der Waals surface area contributed by atoms with Gasteiger partial charge < -0.3 is 9.32 Å². The number of nitrogens with zero attached hydrogens (tertiary/aromatic N) is 1. The molecule has 0 N–H and O–H groups in total. The molecule has 48 heavy (non-hydrogen) atoms. The van der Waals surface area contributed by atoms with Gasteiger partial charge in [-0.15, -0.1) is 0 Å². The highest BCUT2D eigenvalue weighted by atomic mass is 16.3. The molecular weight excluding hydrogens is 583 g/mol. The molecule has 0 saturated carbocycles. The van der Waals surface area contributed by atoms with E-state index in [0.29, 0.717) is 0 Å². The van der Waals surface area contributed by atoms with Crippen molar-refractivity contribution in [3.05, 3.63) is 176 Å². The third kappa shape index (κ3) is 4.27. The van der Waals surface area contributed by atoms with Crippen molar-refractivity contribution in [1.29, 1.82) is 0 Å². The summed E-state index contributed by atoms with van der Waals surface area (Å²) in [6.45, 7) is 0. The van der Waals surface area contributed by atoms with Gasteiger partial charge in [0.1, 0.15) is 11.2 Å². The van der Waals surface area contributed by atoms with Gasteiger partial charge >= 0.3 is 0 Å². The van der Waals surface area contributed by atoms with Crippen molar-refractivity contribution in [2.75, 3.05) is 4.90 Å². The summed E-state index contributed by atoms with van der Waals surface area (Å²) in [7, 11) is 0. The first-order valence-electron chi connectivity index (χ1n) is 16.4. The second-order valence-electron chi connectivity index (χ2n) is 12.6. The molecule has 10 rings (SSSR count). The van der Waals surface area contributed by atoms with E-state index in [-0.39, 0.29) is 0 Å². The normalized spacial score (nSPS) is 11.8. The minimum atomic E-state index is 0.918. The van der Waals surface area contributed by atoms with E-state index in [2.05, 4.69) is 169 Å². The maximum absolute atomic E-state index is 6.25. The first-order valence-corrected chi connectivity index (χ1v) is 16.4. The summed E-state index contributed by atoms with van der Waals surface area (Å²) in [5.74, 6) is 0. The molecule has 2 nitrogen and oxygen atoms in total. The molecule has 0 aliphatic rings. The van der Waals surface area contributed by atoms with Crippen LogP contribution in [0.1, 0.15) is 0 Å². The van der Waals surface area contributed by atoms with Crippen LogP contribution in [0.2, 0.25) is 0 Å². The highest BCUT2D eigenvalue weighted by Gasteiger charge is 2.17. The quantitative estimate of drug-likeness (QED) is 0.184. The fraction of sp³-hybridized carbons (Fsp3) is 0. The minimum absolute atomic E-state index is 0.918. The van der Waals surface area contributed by atoms with Crippen molar-refractivity contribution < 1.29 is 4.42 Å². The molecule has 0 aliphatic heterocycles. The number of rotatable bonds is 4. The van der Waals surface area contributed by atoms with Gasteiger partial charge in [0.2, 0.25) is 0 Å². The lowest BCUT2D eigenvalue weighted by molar-refractivity contribution is 0.669. The fourth-order valence-electron chi connectivity index (χ4n) is 7.44. The van der Waals surface area contributed by atoms with Crippen LogP contribution in [-0.4, -0.2) is 0 Å². The SMILES string of the molecule is c1ccc(-c2cccc(N(c3ccc4c(ccc5ccccc54)c3)c3ccc4ccc5cc6oc7ccccc7c6cc5c4c3)c2)cc1. The van der Waals surface area contributed by atoms with Crippen LogP contribution in [0.25, 0.3) is 76.2 Å². The Hall–Kier alpha value is -6.38. The predicted octanol–water partition coefficient (Wildman–Crippen LogP) is 13.3. The van der Waals surface area contributed by atoms with E-state index in [1.54, 1.807) is 0 Å². The van der Waals surface area contributed by atoms with E-state index in [1.807, 2.05) is 12.1 Å². The Morgan fingerprint density at radius 2 is 0.896 bits per heavy atom. The molecular formula is C46H29NO.